The van der Waals surface area contributed by atoms with Crippen LogP contribution in [0, 0.1) is 23.3 Å². The van der Waals surface area contributed by atoms with Gasteiger partial charge in [0.2, 0.25) is 11.6 Å². The lowest BCUT2D eigenvalue weighted by Crippen LogP contribution is -2.43. The van der Waals surface area contributed by atoms with Gasteiger partial charge in [0.05, 0.1) is 6.04 Å². The Morgan fingerprint density at radius 1 is 1.00 bits per heavy atom. The molecule has 1 unspecified atom stereocenters. The van der Waals surface area contributed by atoms with Crippen molar-refractivity contribution in [2.45, 2.75) is 51.7 Å². The van der Waals surface area contributed by atoms with Gasteiger partial charge < -0.3 is 25.8 Å². The number of carbonyl (C=O) groups excluding carboxylic acids is 3. The number of halogens is 4. The first kappa shape index (κ1) is 29.4. The minimum atomic E-state index is -1.79. The van der Waals surface area contributed by atoms with E-state index >= 15 is 0 Å². The lowest BCUT2D eigenvalue weighted by atomic mass is 10.0. The summed E-state index contributed by atoms with van der Waals surface area (Å²) in [6.07, 6.45) is 0.182. The van der Waals surface area contributed by atoms with Crippen LogP contribution in [0.25, 0.3) is 0 Å². The highest BCUT2D eigenvalue weighted by molar-refractivity contribution is 5.98. The van der Waals surface area contributed by atoms with Crippen LogP contribution in [0.5, 0.6) is 5.75 Å². The van der Waals surface area contributed by atoms with Gasteiger partial charge in [0.1, 0.15) is 12.2 Å². The number of unbranched alkanes of at least 4 members (excludes halogenated alkanes) is 1. The molecule has 8 nitrogen and oxygen atoms in total. The van der Waals surface area contributed by atoms with E-state index in [4.69, 9.17) is 15.2 Å². The standard InChI is InChI=1S/C25H29F4N3O5/c1-25(2,3)37-24(35)31-10-5-4-9-18(32-23(34)14-7-6-8-15(30)11-14)19(33)13-36-22-20(28)16(26)12-17(27)21(22)29/h6-8,11-12,18H,4-5,9-10,13,30H2,1-3H3,(H,31,35)(H,32,34). The van der Waals surface area contributed by atoms with Gasteiger partial charge in [-0.15, -0.1) is 0 Å². The molecule has 0 aliphatic heterocycles. The van der Waals surface area contributed by atoms with E-state index in [0.29, 0.717) is 18.5 Å². The van der Waals surface area contributed by atoms with Gasteiger partial charge in [-0.3, -0.25) is 9.59 Å². The number of nitrogen functional groups attached to an aromatic ring is 1. The average Bonchev–Trinajstić information content (AvgIpc) is 2.80. The molecule has 2 aromatic carbocycles. The highest BCUT2D eigenvalue weighted by Gasteiger charge is 2.25. The molecule has 2 amide bonds. The molecule has 0 radical (unpaired) electrons. The smallest absolute Gasteiger partial charge is 0.407 e. The van der Waals surface area contributed by atoms with Crippen molar-refractivity contribution in [3.8, 4) is 5.75 Å². The number of Topliss-reactive ketones (excluding diaryl/α,β-unsaturated/α-hetero) is 1. The molecule has 12 heteroatoms. The van der Waals surface area contributed by atoms with Crippen LogP contribution in [-0.4, -0.2) is 42.6 Å². The number of hydrogen-bond donors (Lipinski definition) is 3. The van der Waals surface area contributed by atoms with E-state index in [1.807, 2.05) is 0 Å². The molecule has 0 heterocycles. The van der Waals surface area contributed by atoms with Crippen molar-refractivity contribution in [3.63, 3.8) is 0 Å². The summed E-state index contributed by atoms with van der Waals surface area (Å²) >= 11 is 0. The third-order valence-corrected chi connectivity index (χ3v) is 4.86. The van der Waals surface area contributed by atoms with Crippen molar-refractivity contribution in [3.05, 3.63) is 59.2 Å². The van der Waals surface area contributed by atoms with Gasteiger partial charge in [0, 0.05) is 23.9 Å². The minimum Gasteiger partial charge on any atom is -0.479 e. The van der Waals surface area contributed by atoms with Gasteiger partial charge in [0.15, 0.2) is 23.2 Å². The zero-order chi connectivity index (χ0) is 27.8. The molecule has 2 aromatic rings. The SMILES string of the molecule is CC(C)(C)OC(=O)NCCCCC(NC(=O)c1cccc(N)c1)C(=O)COc1c(F)c(F)cc(F)c1F. The number of nitrogens with one attached hydrogen (secondary N) is 2. The third-order valence-electron chi connectivity index (χ3n) is 4.86. The van der Waals surface area contributed by atoms with Crippen molar-refractivity contribution in [1.82, 2.24) is 10.6 Å². The number of nitrogens with two attached hydrogens (primary N) is 1. The molecular formula is C25H29F4N3O5. The number of ketones is 1. The van der Waals surface area contributed by atoms with E-state index in [0.717, 1.165) is 0 Å². The van der Waals surface area contributed by atoms with Crippen molar-refractivity contribution in [2.24, 2.45) is 0 Å². The Balaban J connectivity index is 2.04. The molecule has 4 N–H and O–H groups in total. The molecule has 37 heavy (non-hydrogen) atoms. The van der Waals surface area contributed by atoms with Gasteiger partial charge in [0.25, 0.3) is 5.91 Å². The maximum absolute atomic E-state index is 13.9. The summed E-state index contributed by atoms with van der Waals surface area (Å²) in [5.41, 5.74) is 5.49. The summed E-state index contributed by atoms with van der Waals surface area (Å²) in [5, 5.41) is 5.07. The number of hydrogen-bond acceptors (Lipinski definition) is 6. The number of amides is 2. The second kappa shape index (κ2) is 12.9. The van der Waals surface area contributed by atoms with Crippen molar-refractivity contribution in [1.29, 1.82) is 0 Å². The first-order valence-corrected chi connectivity index (χ1v) is 11.4. The number of ether oxygens (including phenoxy) is 2. The maximum Gasteiger partial charge on any atom is 0.407 e. The molecular weight excluding hydrogens is 498 g/mol. The van der Waals surface area contributed by atoms with Gasteiger partial charge in [-0.2, -0.15) is 8.78 Å². The van der Waals surface area contributed by atoms with Crippen LogP contribution in [-0.2, 0) is 9.53 Å². The molecule has 0 aliphatic rings. The number of rotatable bonds is 11. The topological polar surface area (TPSA) is 120 Å². The highest BCUT2D eigenvalue weighted by Crippen LogP contribution is 2.26. The quantitative estimate of drug-likeness (QED) is 0.174. The molecule has 0 aromatic heterocycles. The highest BCUT2D eigenvalue weighted by atomic mass is 19.2. The van der Waals surface area contributed by atoms with E-state index in [2.05, 4.69) is 10.6 Å². The number of anilines is 1. The van der Waals surface area contributed by atoms with Gasteiger partial charge in [-0.25, -0.2) is 13.6 Å². The van der Waals surface area contributed by atoms with E-state index in [-0.39, 0.29) is 24.6 Å². The predicted octanol–water partition coefficient (Wildman–Crippen LogP) is 4.27. The lowest BCUT2D eigenvalue weighted by molar-refractivity contribution is -0.123. The lowest BCUT2D eigenvalue weighted by Gasteiger charge is -2.20. The number of alkyl carbamates (subject to hydrolysis) is 1. The van der Waals surface area contributed by atoms with Crippen LogP contribution < -0.4 is 21.1 Å². The largest absolute Gasteiger partial charge is 0.479 e. The summed E-state index contributed by atoms with van der Waals surface area (Å²) < 4.78 is 64.5. The van der Waals surface area contributed by atoms with Crippen LogP contribution in [0.1, 0.15) is 50.4 Å². The number of benzene rings is 2. The fourth-order valence-corrected chi connectivity index (χ4v) is 3.14. The Morgan fingerprint density at radius 3 is 2.24 bits per heavy atom. The molecule has 0 aliphatic carbocycles. The summed E-state index contributed by atoms with van der Waals surface area (Å²) in [7, 11) is 0. The zero-order valence-electron chi connectivity index (χ0n) is 20.6. The molecule has 0 saturated carbocycles. The Kier molecular flexibility index (Phi) is 10.3. The minimum absolute atomic E-state index is 0.0131. The molecule has 0 saturated heterocycles. The summed E-state index contributed by atoms with van der Waals surface area (Å²) in [4.78, 5) is 37.2. The van der Waals surface area contributed by atoms with E-state index in [9.17, 15) is 31.9 Å². The van der Waals surface area contributed by atoms with Crippen molar-refractivity contribution in [2.75, 3.05) is 18.9 Å². The van der Waals surface area contributed by atoms with Gasteiger partial charge >= 0.3 is 6.09 Å². The Morgan fingerprint density at radius 2 is 1.65 bits per heavy atom. The second-order valence-electron chi connectivity index (χ2n) is 9.13. The van der Waals surface area contributed by atoms with Crippen LogP contribution in [0.15, 0.2) is 30.3 Å². The Hall–Kier alpha value is -3.83. The molecule has 0 spiro atoms. The van der Waals surface area contributed by atoms with Crippen LogP contribution >= 0.6 is 0 Å². The summed E-state index contributed by atoms with van der Waals surface area (Å²) in [5.74, 6) is -9.79. The molecule has 202 valence electrons. The van der Waals surface area contributed by atoms with E-state index in [1.54, 1.807) is 26.8 Å². The van der Waals surface area contributed by atoms with Crippen molar-refractivity contribution < 1.29 is 41.4 Å². The monoisotopic (exact) mass is 527 g/mol. The fraction of sp³-hybridized carbons (Fsp3) is 0.400. The van der Waals surface area contributed by atoms with E-state index in [1.165, 1.54) is 18.2 Å². The average molecular weight is 528 g/mol. The second-order valence-corrected chi connectivity index (χ2v) is 9.13. The normalized spacial score (nSPS) is 12.0. The molecule has 2 rings (SSSR count). The maximum atomic E-state index is 13.9. The van der Waals surface area contributed by atoms with Crippen LogP contribution in [0.4, 0.5) is 28.0 Å². The molecule has 0 fully saturated rings. The summed E-state index contributed by atoms with van der Waals surface area (Å²) in [6.45, 7) is 4.38. The Bertz CT molecular complexity index is 1110. The Labute approximate surface area is 211 Å². The van der Waals surface area contributed by atoms with Crippen molar-refractivity contribution >= 4 is 23.5 Å². The van der Waals surface area contributed by atoms with Crippen LogP contribution in [0.2, 0.25) is 0 Å². The van der Waals surface area contributed by atoms with Gasteiger partial charge in [-0.05, 0) is 58.2 Å². The molecule has 1 atom stereocenters. The first-order chi connectivity index (χ1) is 17.3. The zero-order valence-corrected chi connectivity index (χ0v) is 20.6. The van der Waals surface area contributed by atoms with Gasteiger partial charge in [-0.1, -0.05) is 6.07 Å². The van der Waals surface area contributed by atoms with Crippen LogP contribution in [0.3, 0.4) is 0 Å². The number of carbonyl (C=O) groups is 3. The molecule has 0 bridgehead atoms. The van der Waals surface area contributed by atoms with E-state index < -0.39 is 65.1 Å². The predicted molar refractivity (Wildman–Crippen MR) is 127 cm³/mol. The third kappa shape index (κ3) is 9.28. The fourth-order valence-electron chi connectivity index (χ4n) is 3.14. The first-order valence-electron chi connectivity index (χ1n) is 11.4. The summed E-state index contributed by atoms with van der Waals surface area (Å²) in [6, 6.07) is 4.79.